The third-order valence-electron chi connectivity index (χ3n) is 7.85. The van der Waals surface area contributed by atoms with Gasteiger partial charge in [0.25, 0.3) is 0 Å². The average molecular weight is 555 g/mol. The number of ether oxygens (including phenoxy) is 3. The van der Waals surface area contributed by atoms with E-state index in [1.807, 2.05) is 6.07 Å². The van der Waals surface area contributed by atoms with E-state index in [9.17, 15) is 9.59 Å². The van der Waals surface area contributed by atoms with Crippen molar-refractivity contribution in [1.29, 1.82) is 0 Å². The monoisotopic (exact) mass is 554 g/mol. The Morgan fingerprint density at radius 1 is 1.03 bits per heavy atom. The number of piperidine rings is 1. The van der Waals surface area contributed by atoms with Crippen LogP contribution < -0.4 is 20.1 Å². The molecule has 2 N–H and O–H groups in total. The fourth-order valence-electron chi connectivity index (χ4n) is 5.58. The number of aryl methyl sites for hydroxylation is 1. The zero-order valence-corrected chi connectivity index (χ0v) is 25.2. The van der Waals surface area contributed by atoms with Crippen LogP contribution in [-0.4, -0.2) is 51.8 Å². The van der Waals surface area contributed by atoms with Gasteiger partial charge in [-0.05, 0) is 55.2 Å². The van der Waals surface area contributed by atoms with Crippen molar-refractivity contribution in [3.63, 3.8) is 0 Å². The molecule has 2 amide bonds. The quantitative estimate of drug-likeness (QED) is 0.241. The minimum Gasteiger partial charge on any atom is -0.493 e. The molecule has 0 unspecified atom stereocenters. The summed E-state index contributed by atoms with van der Waals surface area (Å²) in [6.45, 7) is 10.5. The third kappa shape index (κ3) is 9.96. The van der Waals surface area contributed by atoms with Crippen LogP contribution in [0, 0.1) is 17.3 Å². The molecule has 218 valence electrons. The van der Waals surface area contributed by atoms with Gasteiger partial charge in [0.15, 0.2) is 11.5 Å². The predicted octanol–water partition coefficient (Wildman–Crippen LogP) is 5.72. The van der Waals surface area contributed by atoms with Gasteiger partial charge < -0.3 is 24.8 Å². The second-order valence-corrected chi connectivity index (χ2v) is 11.0. The molecule has 7 nitrogen and oxygen atoms in total. The molecule has 0 spiro atoms. The summed E-state index contributed by atoms with van der Waals surface area (Å²) in [5.41, 5.74) is 0.830. The zero-order chi connectivity index (χ0) is 27.3. The normalized spacial score (nSPS) is 15.7. The second kappa shape index (κ2) is 17.6. The fourth-order valence-corrected chi connectivity index (χ4v) is 5.58. The van der Waals surface area contributed by atoms with Crippen LogP contribution in [-0.2, 0) is 20.7 Å². The number of benzene rings is 1. The van der Waals surface area contributed by atoms with Gasteiger partial charge in [-0.15, -0.1) is 12.4 Å². The van der Waals surface area contributed by atoms with E-state index in [1.165, 1.54) is 5.56 Å². The summed E-state index contributed by atoms with van der Waals surface area (Å²) < 4.78 is 16.5. The number of halogens is 1. The van der Waals surface area contributed by atoms with Crippen LogP contribution in [0.1, 0.15) is 84.6 Å². The summed E-state index contributed by atoms with van der Waals surface area (Å²) in [5, 5.41) is 6.08. The lowest BCUT2D eigenvalue weighted by Crippen LogP contribution is -2.53. The number of nitrogens with one attached hydrogen (secondary N) is 2. The van der Waals surface area contributed by atoms with Crippen molar-refractivity contribution in [3.05, 3.63) is 23.8 Å². The lowest BCUT2D eigenvalue weighted by molar-refractivity contribution is -0.139. The van der Waals surface area contributed by atoms with Crippen LogP contribution in [0.3, 0.4) is 0 Å². The SMILES string of the molecule is COCCCOc1cc(CCCCCCC(C(=O)N[C@H]2CCNC(=O)C2)(C(C)C)C(C)C)ccc1OC.Cl. The van der Waals surface area contributed by atoms with Gasteiger partial charge in [0, 0.05) is 39.1 Å². The molecule has 1 aromatic carbocycles. The Kier molecular flexibility index (Phi) is 15.7. The molecule has 1 aliphatic rings. The van der Waals surface area contributed by atoms with Crippen molar-refractivity contribution in [2.24, 2.45) is 17.3 Å². The van der Waals surface area contributed by atoms with Gasteiger partial charge in [0.05, 0.1) is 19.1 Å². The van der Waals surface area contributed by atoms with Gasteiger partial charge in [-0.3, -0.25) is 9.59 Å². The summed E-state index contributed by atoms with van der Waals surface area (Å²) in [6.07, 6.45) is 8.20. The van der Waals surface area contributed by atoms with E-state index in [0.717, 1.165) is 62.9 Å². The third-order valence-corrected chi connectivity index (χ3v) is 7.85. The standard InChI is InChI=1S/C30H50N2O5.ClH/c1-22(2)30(23(3)4,29(34)32-25-15-17-31-28(33)21-25)16-10-8-7-9-12-24-13-14-26(36-6)27(20-24)37-19-11-18-35-5;/h13-14,20,22-23,25H,7-12,15-19,21H2,1-6H3,(H,31,33)(H,32,34);1H/t25-;/m0./s1. The lowest BCUT2D eigenvalue weighted by atomic mass is 9.65. The maximum Gasteiger partial charge on any atom is 0.226 e. The minimum absolute atomic E-state index is 0. The molecule has 1 aliphatic heterocycles. The fraction of sp³-hybridized carbons (Fsp3) is 0.733. The van der Waals surface area contributed by atoms with Gasteiger partial charge in [0.2, 0.25) is 11.8 Å². The smallest absolute Gasteiger partial charge is 0.226 e. The summed E-state index contributed by atoms with van der Waals surface area (Å²) in [5.74, 6) is 2.15. The molecule has 0 aliphatic carbocycles. The number of methoxy groups -OCH3 is 2. The van der Waals surface area contributed by atoms with Crippen molar-refractivity contribution in [1.82, 2.24) is 10.6 Å². The van der Waals surface area contributed by atoms with Crippen molar-refractivity contribution in [3.8, 4) is 11.5 Å². The number of carbonyl (C=O) groups is 2. The van der Waals surface area contributed by atoms with Crippen LogP contribution in [0.15, 0.2) is 18.2 Å². The molecule has 1 fully saturated rings. The molecule has 8 heteroatoms. The number of hydrogen-bond acceptors (Lipinski definition) is 5. The Balaban J connectivity index is 0.00000722. The molecule has 38 heavy (non-hydrogen) atoms. The highest BCUT2D eigenvalue weighted by atomic mass is 35.5. The summed E-state index contributed by atoms with van der Waals surface area (Å²) in [6, 6.07) is 6.12. The molecule has 1 heterocycles. The van der Waals surface area contributed by atoms with Gasteiger partial charge in [0.1, 0.15) is 0 Å². The highest BCUT2D eigenvalue weighted by Gasteiger charge is 2.44. The molecule has 0 bridgehead atoms. The van der Waals surface area contributed by atoms with Crippen molar-refractivity contribution < 1.29 is 23.8 Å². The van der Waals surface area contributed by atoms with Crippen LogP contribution >= 0.6 is 12.4 Å². The van der Waals surface area contributed by atoms with E-state index in [-0.39, 0.29) is 42.1 Å². The highest BCUT2D eigenvalue weighted by molar-refractivity contribution is 5.85. The average Bonchev–Trinajstić information content (AvgIpc) is 2.86. The Labute approximate surface area is 236 Å². The minimum atomic E-state index is -0.418. The molecule has 1 aromatic rings. The van der Waals surface area contributed by atoms with Crippen LogP contribution in [0.4, 0.5) is 0 Å². The number of amides is 2. The van der Waals surface area contributed by atoms with E-state index in [2.05, 4.69) is 50.5 Å². The summed E-state index contributed by atoms with van der Waals surface area (Å²) >= 11 is 0. The van der Waals surface area contributed by atoms with Crippen molar-refractivity contribution >= 4 is 24.2 Å². The van der Waals surface area contributed by atoms with E-state index >= 15 is 0 Å². The zero-order valence-electron chi connectivity index (χ0n) is 24.4. The molecular formula is C30H51ClN2O5. The Morgan fingerprint density at radius 3 is 2.37 bits per heavy atom. The van der Waals surface area contributed by atoms with Crippen molar-refractivity contribution in [2.75, 3.05) is 34.0 Å². The molecule has 0 aromatic heterocycles. The molecular weight excluding hydrogens is 504 g/mol. The maximum absolute atomic E-state index is 13.6. The Bertz CT molecular complexity index is 838. The number of carbonyl (C=O) groups excluding carboxylic acids is 2. The lowest BCUT2D eigenvalue weighted by Gasteiger charge is -2.41. The van der Waals surface area contributed by atoms with E-state index in [1.54, 1.807) is 14.2 Å². The molecule has 1 atom stereocenters. The van der Waals surface area contributed by atoms with E-state index in [4.69, 9.17) is 14.2 Å². The molecule has 0 saturated carbocycles. The largest absolute Gasteiger partial charge is 0.493 e. The molecule has 0 radical (unpaired) electrons. The first kappa shape index (κ1) is 34.0. The number of unbranched alkanes of at least 4 members (excludes halogenated alkanes) is 3. The topological polar surface area (TPSA) is 85.9 Å². The van der Waals surface area contributed by atoms with Crippen LogP contribution in [0.2, 0.25) is 0 Å². The molecule has 1 saturated heterocycles. The predicted molar refractivity (Wildman–Crippen MR) is 155 cm³/mol. The first-order valence-corrected chi connectivity index (χ1v) is 14.1. The van der Waals surface area contributed by atoms with Crippen molar-refractivity contribution in [2.45, 2.75) is 91.5 Å². The molecule has 2 rings (SSSR count). The Hall–Kier alpha value is -1.99. The first-order chi connectivity index (χ1) is 17.7. The van der Waals surface area contributed by atoms with Crippen LogP contribution in [0.25, 0.3) is 0 Å². The van der Waals surface area contributed by atoms with Gasteiger partial charge in [-0.1, -0.05) is 53.0 Å². The first-order valence-electron chi connectivity index (χ1n) is 14.1. The maximum atomic E-state index is 13.6. The highest BCUT2D eigenvalue weighted by Crippen LogP contribution is 2.41. The van der Waals surface area contributed by atoms with Gasteiger partial charge in [-0.2, -0.15) is 0 Å². The summed E-state index contributed by atoms with van der Waals surface area (Å²) in [7, 11) is 3.36. The number of rotatable bonds is 17. The van der Waals surface area contributed by atoms with E-state index in [0.29, 0.717) is 26.2 Å². The summed E-state index contributed by atoms with van der Waals surface area (Å²) in [4.78, 5) is 25.3. The van der Waals surface area contributed by atoms with E-state index < -0.39 is 5.41 Å². The van der Waals surface area contributed by atoms with Gasteiger partial charge in [-0.25, -0.2) is 0 Å². The second-order valence-electron chi connectivity index (χ2n) is 11.0. The number of hydrogen-bond donors (Lipinski definition) is 2. The van der Waals surface area contributed by atoms with Crippen LogP contribution in [0.5, 0.6) is 11.5 Å². The Morgan fingerprint density at radius 2 is 1.74 bits per heavy atom. The van der Waals surface area contributed by atoms with Gasteiger partial charge >= 0.3 is 0 Å².